The van der Waals surface area contributed by atoms with Crippen LogP contribution in [0.4, 0.5) is 5.69 Å². The number of piperidine rings is 1. The SMILES string of the molecule is CC[C@@H]1CN2CC[C@]34C(=C(C(=O)OC)C1C[C@H]23)Nc1ccccc14. The normalized spacial score (nSPS) is 36.2. The molecular weight excluding hydrogens is 300 g/mol. The number of para-hydroxylation sites is 1. The lowest BCUT2D eigenvalue weighted by Crippen LogP contribution is -2.55. The fourth-order valence-corrected chi connectivity index (χ4v) is 5.98. The highest BCUT2D eigenvalue weighted by Crippen LogP contribution is 2.61. The predicted molar refractivity (Wildman–Crippen MR) is 92.7 cm³/mol. The van der Waals surface area contributed by atoms with Gasteiger partial charge in [-0.2, -0.15) is 0 Å². The van der Waals surface area contributed by atoms with Gasteiger partial charge in [-0.05, 0) is 42.9 Å². The third-order valence-corrected chi connectivity index (χ3v) is 7.00. The van der Waals surface area contributed by atoms with E-state index in [9.17, 15) is 4.79 Å². The largest absolute Gasteiger partial charge is 0.466 e. The number of carbonyl (C=O) groups excluding carboxylic acids is 1. The molecule has 2 fully saturated rings. The molecule has 1 spiro atoms. The number of anilines is 1. The molecule has 4 nitrogen and oxygen atoms in total. The molecule has 1 N–H and O–H groups in total. The Bertz CT molecular complexity index is 756. The molecule has 4 atom stereocenters. The van der Waals surface area contributed by atoms with Gasteiger partial charge >= 0.3 is 5.97 Å². The summed E-state index contributed by atoms with van der Waals surface area (Å²) in [5, 5.41) is 3.65. The second-order valence-electron chi connectivity index (χ2n) is 7.69. The number of ether oxygens (including phenoxy) is 1. The van der Waals surface area contributed by atoms with Crippen LogP contribution in [0.15, 0.2) is 35.5 Å². The first kappa shape index (κ1) is 14.5. The second kappa shape index (κ2) is 4.85. The van der Waals surface area contributed by atoms with Crippen molar-refractivity contribution in [1.29, 1.82) is 0 Å². The van der Waals surface area contributed by atoms with Crippen molar-refractivity contribution < 1.29 is 9.53 Å². The molecule has 1 unspecified atom stereocenters. The van der Waals surface area contributed by atoms with Crippen LogP contribution in [0, 0.1) is 11.8 Å². The molecule has 24 heavy (non-hydrogen) atoms. The summed E-state index contributed by atoms with van der Waals surface area (Å²) < 4.78 is 5.23. The molecule has 0 saturated carbocycles. The van der Waals surface area contributed by atoms with E-state index in [1.54, 1.807) is 0 Å². The number of carbonyl (C=O) groups is 1. The van der Waals surface area contributed by atoms with Crippen LogP contribution in [-0.4, -0.2) is 37.1 Å². The summed E-state index contributed by atoms with van der Waals surface area (Å²) in [7, 11) is 1.52. The Morgan fingerprint density at radius 2 is 2.25 bits per heavy atom. The maximum Gasteiger partial charge on any atom is 0.335 e. The van der Waals surface area contributed by atoms with Crippen LogP contribution < -0.4 is 5.32 Å². The number of benzene rings is 1. The molecule has 0 radical (unpaired) electrons. The number of nitrogens with one attached hydrogen (secondary N) is 1. The Morgan fingerprint density at radius 3 is 3.04 bits per heavy atom. The van der Waals surface area contributed by atoms with E-state index in [0.717, 1.165) is 43.6 Å². The fourth-order valence-electron chi connectivity index (χ4n) is 5.98. The van der Waals surface area contributed by atoms with Gasteiger partial charge in [0.1, 0.15) is 0 Å². The van der Waals surface area contributed by atoms with Crippen LogP contribution in [0.25, 0.3) is 0 Å². The van der Waals surface area contributed by atoms with Gasteiger partial charge in [0, 0.05) is 24.0 Å². The van der Waals surface area contributed by atoms with E-state index in [-0.39, 0.29) is 11.4 Å². The molecule has 0 amide bonds. The molecule has 1 aromatic rings. The van der Waals surface area contributed by atoms with Gasteiger partial charge in [-0.1, -0.05) is 31.5 Å². The van der Waals surface area contributed by atoms with Crippen LogP contribution >= 0.6 is 0 Å². The molecule has 5 rings (SSSR count). The predicted octanol–water partition coefficient (Wildman–Crippen LogP) is 2.91. The minimum absolute atomic E-state index is 0.0324. The first-order chi connectivity index (χ1) is 11.7. The highest BCUT2D eigenvalue weighted by molar-refractivity contribution is 5.93. The van der Waals surface area contributed by atoms with Crippen LogP contribution in [0.1, 0.15) is 31.7 Å². The Balaban J connectivity index is 1.79. The maximum absolute atomic E-state index is 12.8. The topological polar surface area (TPSA) is 41.6 Å². The van der Waals surface area contributed by atoms with Gasteiger partial charge < -0.3 is 10.1 Å². The number of esters is 1. The summed E-state index contributed by atoms with van der Waals surface area (Å²) in [5.74, 6) is 0.739. The molecule has 4 aliphatic rings. The Morgan fingerprint density at radius 1 is 1.42 bits per heavy atom. The Labute approximate surface area is 142 Å². The minimum Gasteiger partial charge on any atom is -0.466 e. The van der Waals surface area contributed by atoms with Gasteiger partial charge in [0.15, 0.2) is 0 Å². The van der Waals surface area contributed by atoms with Crippen molar-refractivity contribution in [1.82, 2.24) is 4.90 Å². The zero-order valence-corrected chi connectivity index (χ0v) is 14.3. The molecule has 4 heteroatoms. The molecule has 1 aromatic carbocycles. The van der Waals surface area contributed by atoms with Gasteiger partial charge in [0.2, 0.25) is 0 Å². The average Bonchev–Trinajstić information content (AvgIpc) is 3.17. The average molecular weight is 324 g/mol. The zero-order chi connectivity index (χ0) is 16.5. The molecule has 2 saturated heterocycles. The molecule has 126 valence electrons. The van der Waals surface area contributed by atoms with Crippen molar-refractivity contribution in [3.63, 3.8) is 0 Å². The summed E-state index contributed by atoms with van der Waals surface area (Å²) in [6, 6.07) is 9.12. The number of rotatable bonds is 2. The third kappa shape index (κ3) is 1.55. The van der Waals surface area contributed by atoms with Crippen LogP contribution in [0.5, 0.6) is 0 Å². The summed E-state index contributed by atoms with van der Waals surface area (Å²) in [5.41, 5.74) is 4.60. The van der Waals surface area contributed by atoms with Crippen LogP contribution in [-0.2, 0) is 14.9 Å². The van der Waals surface area contributed by atoms with E-state index >= 15 is 0 Å². The lowest BCUT2D eigenvalue weighted by atomic mass is 9.60. The molecule has 3 heterocycles. The Kier molecular flexibility index (Phi) is 2.94. The van der Waals surface area contributed by atoms with Crippen molar-refractivity contribution in [2.45, 2.75) is 37.6 Å². The van der Waals surface area contributed by atoms with Crippen molar-refractivity contribution in [3.05, 3.63) is 41.1 Å². The lowest BCUT2D eigenvalue weighted by molar-refractivity contribution is -0.137. The quantitative estimate of drug-likeness (QED) is 0.850. The number of hydrogen-bond donors (Lipinski definition) is 1. The van der Waals surface area contributed by atoms with E-state index < -0.39 is 0 Å². The highest BCUT2D eigenvalue weighted by atomic mass is 16.5. The smallest absolute Gasteiger partial charge is 0.335 e. The summed E-state index contributed by atoms with van der Waals surface area (Å²) in [6.07, 6.45) is 3.30. The van der Waals surface area contributed by atoms with E-state index in [4.69, 9.17) is 4.74 Å². The second-order valence-corrected chi connectivity index (χ2v) is 7.69. The fraction of sp³-hybridized carbons (Fsp3) is 0.550. The van der Waals surface area contributed by atoms with E-state index in [0.29, 0.717) is 17.9 Å². The number of methoxy groups -OCH3 is 1. The highest BCUT2D eigenvalue weighted by Gasteiger charge is 2.62. The number of fused-ring (bicyclic) bond motifs is 2. The molecule has 3 aliphatic heterocycles. The van der Waals surface area contributed by atoms with Crippen molar-refractivity contribution in [2.75, 3.05) is 25.5 Å². The van der Waals surface area contributed by atoms with Gasteiger partial charge in [0.05, 0.1) is 18.1 Å². The van der Waals surface area contributed by atoms with Gasteiger partial charge in [-0.15, -0.1) is 0 Å². The third-order valence-electron chi connectivity index (χ3n) is 7.00. The zero-order valence-electron chi connectivity index (χ0n) is 14.3. The first-order valence-electron chi connectivity index (χ1n) is 9.14. The van der Waals surface area contributed by atoms with Crippen LogP contribution in [0.3, 0.4) is 0 Å². The Hall–Kier alpha value is -1.81. The number of hydrogen-bond acceptors (Lipinski definition) is 4. The van der Waals surface area contributed by atoms with Gasteiger partial charge in [-0.25, -0.2) is 4.79 Å². The monoisotopic (exact) mass is 324 g/mol. The molecule has 1 aliphatic carbocycles. The molecule has 0 aromatic heterocycles. The molecular formula is C20H24N2O2. The van der Waals surface area contributed by atoms with Crippen molar-refractivity contribution in [3.8, 4) is 0 Å². The van der Waals surface area contributed by atoms with Crippen molar-refractivity contribution in [2.24, 2.45) is 11.8 Å². The van der Waals surface area contributed by atoms with Gasteiger partial charge in [-0.3, -0.25) is 4.90 Å². The standard InChI is InChI=1S/C20H24N2O2/c1-3-12-11-22-9-8-20-14-6-4-5-7-15(14)21-18(20)17(19(23)24-2)13(12)10-16(20)22/h4-7,12-13,16,21H,3,8-11H2,1-2H3/t12-,13?,16+,20-/m1/s1. The minimum atomic E-state index is -0.132. The van der Waals surface area contributed by atoms with Crippen LogP contribution in [0.2, 0.25) is 0 Å². The summed E-state index contributed by atoms with van der Waals surface area (Å²) >= 11 is 0. The van der Waals surface area contributed by atoms with E-state index in [1.807, 2.05) is 0 Å². The van der Waals surface area contributed by atoms with Gasteiger partial charge in [0.25, 0.3) is 0 Å². The summed E-state index contributed by atoms with van der Waals surface area (Å²) in [4.78, 5) is 15.4. The maximum atomic E-state index is 12.8. The van der Waals surface area contributed by atoms with E-state index in [2.05, 4.69) is 41.4 Å². The summed E-state index contributed by atoms with van der Waals surface area (Å²) in [6.45, 7) is 4.49. The first-order valence-corrected chi connectivity index (χ1v) is 9.14. The van der Waals surface area contributed by atoms with E-state index in [1.165, 1.54) is 18.4 Å². The lowest BCUT2D eigenvalue weighted by Gasteiger charge is -2.50. The van der Waals surface area contributed by atoms with Crippen molar-refractivity contribution >= 4 is 11.7 Å². The number of nitrogens with zero attached hydrogens (tertiary/aromatic N) is 1. The molecule has 2 bridgehead atoms.